The van der Waals surface area contributed by atoms with E-state index in [2.05, 4.69) is 28.3 Å². The number of hydrogen-bond acceptors (Lipinski definition) is 5. The van der Waals surface area contributed by atoms with Gasteiger partial charge in [0, 0.05) is 59.5 Å². The lowest BCUT2D eigenvalue weighted by Gasteiger charge is -2.32. The molecule has 2 aliphatic rings. The van der Waals surface area contributed by atoms with Gasteiger partial charge >= 0.3 is 0 Å². The number of nitrogens with zero attached hydrogens (tertiary/aromatic N) is 3. The number of amides is 2. The number of carbonyl (C=O) groups excluding carboxylic acids is 2. The average molecular weight is 512 g/mol. The molecule has 1 aromatic heterocycles. The summed E-state index contributed by atoms with van der Waals surface area (Å²) >= 11 is 1.68. The number of carbonyl (C=O) groups is 2. The zero-order valence-electron chi connectivity index (χ0n) is 21.2. The maximum Gasteiger partial charge on any atom is 0.256 e. The van der Waals surface area contributed by atoms with Gasteiger partial charge in [0.25, 0.3) is 11.8 Å². The molecule has 1 fully saturated rings. The number of anilines is 1. The van der Waals surface area contributed by atoms with Crippen molar-refractivity contribution < 1.29 is 9.59 Å². The van der Waals surface area contributed by atoms with Gasteiger partial charge in [0.2, 0.25) is 0 Å². The molecule has 8 heteroatoms. The molecule has 0 unspecified atom stereocenters. The van der Waals surface area contributed by atoms with Crippen molar-refractivity contribution in [1.29, 1.82) is 5.26 Å². The molecule has 3 heterocycles. The lowest BCUT2D eigenvalue weighted by molar-refractivity contribution is -0.110. The number of rotatable bonds is 5. The molecule has 0 atom stereocenters. The number of aromatic nitrogens is 1. The van der Waals surface area contributed by atoms with Crippen LogP contribution in [0.25, 0.3) is 11.6 Å². The van der Waals surface area contributed by atoms with E-state index in [1.807, 2.05) is 67.3 Å². The van der Waals surface area contributed by atoms with Crippen molar-refractivity contribution in [3.63, 3.8) is 0 Å². The Kier molecular flexibility index (Phi) is 6.92. The predicted molar refractivity (Wildman–Crippen MR) is 147 cm³/mol. The Balaban J connectivity index is 1.38. The first kappa shape index (κ1) is 24.9. The quantitative estimate of drug-likeness (QED) is 0.384. The molecule has 2 amide bonds. The number of fused-ring (bicyclic) bond motifs is 1. The van der Waals surface area contributed by atoms with Crippen LogP contribution in [-0.4, -0.2) is 59.8 Å². The van der Waals surface area contributed by atoms with Gasteiger partial charge in [-0.3, -0.25) is 9.59 Å². The number of aryl methyl sites for hydroxylation is 1. The number of thioether (sulfide) groups is 1. The summed E-state index contributed by atoms with van der Waals surface area (Å²) in [5.74, 6) is 0.655. The molecule has 0 saturated carbocycles. The van der Waals surface area contributed by atoms with Crippen LogP contribution in [0.3, 0.4) is 0 Å². The number of piperazine rings is 1. The molecular formula is C29H29N5O2S. The van der Waals surface area contributed by atoms with E-state index < -0.39 is 0 Å². The van der Waals surface area contributed by atoms with Gasteiger partial charge in [0.05, 0.1) is 22.8 Å². The van der Waals surface area contributed by atoms with Crippen LogP contribution in [0, 0.1) is 25.2 Å². The summed E-state index contributed by atoms with van der Waals surface area (Å²) in [6.45, 7) is 7.03. The molecule has 188 valence electrons. The van der Waals surface area contributed by atoms with Crippen molar-refractivity contribution in [2.24, 2.45) is 0 Å². The Hall–Kier alpha value is -3.80. The van der Waals surface area contributed by atoms with Crippen LogP contribution < -0.4 is 5.32 Å². The summed E-state index contributed by atoms with van der Waals surface area (Å²) in [4.78, 5) is 34.7. The second kappa shape index (κ2) is 10.3. The minimum Gasteiger partial charge on any atom is -0.358 e. The van der Waals surface area contributed by atoms with Crippen LogP contribution >= 0.6 is 11.8 Å². The molecule has 2 aliphatic heterocycles. The molecule has 0 spiro atoms. The fourth-order valence-electron chi connectivity index (χ4n) is 4.79. The summed E-state index contributed by atoms with van der Waals surface area (Å²) in [7, 11) is 2.07. The van der Waals surface area contributed by atoms with Crippen molar-refractivity contribution in [1.82, 2.24) is 14.8 Å². The SMILES string of the molecule is Cc1[nH]c(/C=C2\C(=O)Nc3ccc(SCc4ccc(C#N)cc4)cc32)c(C)c1C(=O)N1CCN(C)CC1. The van der Waals surface area contributed by atoms with E-state index in [0.717, 1.165) is 57.5 Å². The van der Waals surface area contributed by atoms with Crippen molar-refractivity contribution in [2.45, 2.75) is 24.5 Å². The lowest BCUT2D eigenvalue weighted by atomic mass is 10.0. The number of benzene rings is 2. The molecule has 3 aromatic rings. The summed E-state index contributed by atoms with van der Waals surface area (Å²) < 4.78 is 0. The predicted octanol–water partition coefficient (Wildman–Crippen LogP) is 4.68. The van der Waals surface area contributed by atoms with Crippen LogP contribution in [0.1, 0.15) is 44.0 Å². The topological polar surface area (TPSA) is 92.2 Å². The third kappa shape index (κ3) is 5.06. The van der Waals surface area contributed by atoms with Crippen LogP contribution in [0.15, 0.2) is 47.4 Å². The first-order valence-corrected chi connectivity index (χ1v) is 13.3. The van der Waals surface area contributed by atoms with E-state index in [4.69, 9.17) is 5.26 Å². The van der Waals surface area contributed by atoms with Gasteiger partial charge in [-0.15, -0.1) is 11.8 Å². The van der Waals surface area contributed by atoms with E-state index in [0.29, 0.717) is 29.8 Å². The third-order valence-corrected chi connectivity index (χ3v) is 8.10. The molecule has 2 aromatic carbocycles. The van der Waals surface area contributed by atoms with Crippen LogP contribution in [0.2, 0.25) is 0 Å². The summed E-state index contributed by atoms with van der Waals surface area (Å²) in [6.07, 6.45) is 1.86. The van der Waals surface area contributed by atoms with Gasteiger partial charge in [0.1, 0.15) is 0 Å². The normalized spacial score (nSPS) is 16.5. The molecular weight excluding hydrogens is 482 g/mol. The van der Waals surface area contributed by atoms with E-state index in [1.165, 1.54) is 0 Å². The summed E-state index contributed by atoms with van der Waals surface area (Å²) in [5, 5.41) is 12.0. The van der Waals surface area contributed by atoms with E-state index in [-0.39, 0.29) is 11.8 Å². The second-order valence-corrected chi connectivity index (χ2v) is 10.6. The molecule has 37 heavy (non-hydrogen) atoms. The maximum absolute atomic E-state index is 13.3. The smallest absolute Gasteiger partial charge is 0.256 e. The lowest BCUT2D eigenvalue weighted by Crippen LogP contribution is -2.47. The fraction of sp³-hybridized carbons (Fsp3) is 0.276. The van der Waals surface area contributed by atoms with Crippen molar-refractivity contribution >= 4 is 40.9 Å². The standard InChI is InChI=1S/C29H29N5O2S/c1-18-26(31-19(2)27(18)29(36)34-12-10-33(3)11-13-34)15-24-23-14-22(8-9-25(23)32-28(24)35)37-17-21-6-4-20(16-30)5-7-21/h4-9,14-15,31H,10-13,17H2,1-3H3,(H,32,35)/b24-15-. The molecule has 2 N–H and O–H groups in total. The van der Waals surface area contributed by atoms with Crippen molar-refractivity contribution in [3.8, 4) is 6.07 Å². The van der Waals surface area contributed by atoms with E-state index >= 15 is 0 Å². The average Bonchev–Trinajstić information content (AvgIpc) is 3.37. The first-order valence-electron chi connectivity index (χ1n) is 12.3. The Morgan fingerprint density at radius 2 is 1.84 bits per heavy atom. The zero-order chi connectivity index (χ0) is 26.1. The van der Waals surface area contributed by atoms with E-state index in [1.54, 1.807) is 11.8 Å². The number of nitrogens with one attached hydrogen (secondary N) is 2. The third-order valence-electron chi connectivity index (χ3n) is 7.03. The molecule has 1 saturated heterocycles. The van der Waals surface area contributed by atoms with E-state index in [9.17, 15) is 9.59 Å². The maximum atomic E-state index is 13.3. The van der Waals surface area contributed by atoms with Gasteiger partial charge in [-0.25, -0.2) is 0 Å². The number of H-pyrrole nitrogens is 1. The largest absolute Gasteiger partial charge is 0.358 e. The molecule has 0 aliphatic carbocycles. The Morgan fingerprint density at radius 1 is 1.11 bits per heavy atom. The molecule has 0 bridgehead atoms. The molecule has 0 radical (unpaired) electrons. The van der Waals surface area contributed by atoms with Crippen LogP contribution in [0.4, 0.5) is 5.69 Å². The highest BCUT2D eigenvalue weighted by molar-refractivity contribution is 7.98. The van der Waals surface area contributed by atoms with Gasteiger partial charge in [0.15, 0.2) is 0 Å². The minimum absolute atomic E-state index is 0.0433. The van der Waals surface area contributed by atoms with Gasteiger partial charge < -0.3 is 20.1 Å². The highest BCUT2D eigenvalue weighted by atomic mass is 32.2. The second-order valence-electron chi connectivity index (χ2n) is 9.58. The zero-order valence-corrected chi connectivity index (χ0v) is 22.0. The molecule has 5 rings (SSSR count). The van der Waals surface area contributed by atoms with Crippen molar-refractivity contribution in [3.05, 3.63) is 81.7 Å². The Bertz CT molecular complexity index is 1440. The number of likely N-dealkylation sites (N-methyl/N-ethyl adjacent to an activating group) is 1. The highest BCUT2D eigenvalue weighted by Gasteiger charge is 2.28. The Morgan fingerprint density at radius 3 is 2.54 bits per heavy atom. The molecule has 7 nitrogen and oxygen atoms in total. The van der Waals surface area contributed by atoms with Crippen molar-refractivity contribution in [2.75, 3.05) is 38.5 Å². The van der Waals surface area contributed by atoms with Gasteiger partial charge in [-0.1, -0.05) is 12.1 Å². The number of hydrogen-bond donors (Lipinski definition) is 2. The highest BCUT2D eigenvalue weighted by Crippen LogP contribution is 2.37. The van der Waals surface area contributed by atoms with Gasteiger partial charge in [-0.05, 0) is 68.4 Å². The first-order chi connectivity index (χ1) is 17.8. The van der Waals surface area contributed by atoms with Crippen LogP contribution in [-0.2, 0) is 10.5 Å². The number of aromatic amines is 1. The monoisotopic (exact) mass is 511 g/mol. The Labute approximate surface area is 221 Å². The fourth-order valence-corrected chi connectivity index (χ4v) is 5.68. The van der Waals surface area contributed by atoms with Crippen LogP contribution in [0.5, 0.6) is 0 Å². The van der Waals surface area contributed by atoms with Gasteiger partial charge in [-0.2, -0.15) is 5.26 Å². The number of nitriles is 1. The summed E-state index contributed by atoms with van der Waals surface area (Å²) in [5.41, 5.74) is 7.16. The minimum atomic E-state index is -0.150. The summed E-state index contributed by atoms with van der Waals surface area (Å²) in [6, 6.07) is 15.7.